The third-order valence-electron chi connectivity index (χ3n) is 4.67. The van der Waals surface area contributed by atoms with Gasteiger partial charge in [-0.25, -0.2) is 9.98 Å². The Labute approximate surface area is 153 Å². The molecule has 2 aromatic carbocycles. The van der Waals surface area contributed by atoms with Crippen molar-refractivity contribution in [3.05, 3.63) is 58.7 Å². The largest absolute Gasteiger partial charge is 0.292 e. The normalized spacial score (nSPS) is 18.0. The van der Waals surface area contributed by atoms with Crippen molar-refractivity contribution in [1.29, 1.82) is 0 Å². The summed E-state index contributed by atoms with van der Waals surface area (Å²) in [7, 11) is 0. The molecule has 1 aliphatic rings. The molecule has 1 fully saturated rings. The van der Waals surface area contributed by atoms with E-state index in [2.05, 4.69) is 9.98 Å². The minimum Gasteiger partial charge on any atom is -0.292 e. The fraction of sp³-hybridized carbons (Fsp3) is 0.273. The summed E-state index contributed by atoms with van der Waals surface area (Å²) in [5.74, 6) is -0.255. The van der Waals surface area contributed by atoms with Crippen molar-refractivity contribution in [3.8, 4) is 0 Å². The number of nitrogens with zero attached hydrogens (tertiary/aromatic N) is 2. The lowest BCUT2D eigenvalue weighted by Crippen LogP contribution is -2.33. The minimum atomic E-state index is -0.128. The first-order valence-corrected chi connectivity index (χ1v) is 8.70. The number of benzene rings is 2. The second kappa shape index (κ2) is 7.16. The van der Waals surface area contributed by atoms with Crippen LogP contribution in [0, 0.1) is 27.7 Å². The lowest BCUT2D eigenvalue weighted by Gasteiger charge is -2.15. The molecule has 26 heavy (non-hydrogen) atoms. The van der Waals surface area contributed by atoms with E-state index in [4.69, 9.17) is 0 Å². The number of para-hydroxylation sites is 2. The van der Waals surface area contributed by atoms with Crippen LogP contribution in [-0.4, -0.2) is 23.0 Å². The maximum absolute atomic E-state index is 12.6. The van der Waals surface area contributed by atoms with E-state index in [9.17, 15) is 9.59 Å². The lowest BCUT2D eigenvalue weighted by molar-refractivity contribution is -0.116. The summed E-state index contributed by atoms with van der Waals surface area (Å²) in [6, 6.07) is 11.7. The van der Waals surface area contributed by atoms with Gasteiger partial charge in [0.15, 0.2) is 11.6 Å². The number of carbonyl (C=O) groups is 2. The van der Waals surface area contributed by atoms with Gasteiger partial charge in [0.1, 0.15) is 0 Å². The molecule has 0 saturated heterocycles. The van der Waals surface area contributed by atoms with Crippen LogP contribution in [0.15, 0.2) is 46.4 Å². The molecule has 4 heteroatoms. The Morgan fingerprint density at radius 3 is 1.23 bits per heavy atom. The summed E-state index contributed by atoms with van der Waals surface area (Å²) >= 11 is 0. The average Bonchev–Trinajstić information content (AvgIpc) is 2.58. The van der Waals surface area contributed by atoms with Crippen molar-refractivity contribution in [2.75, 3.05) is 0 Å². The van der Waals surface area contributed by atoms with Gasteiger partial charge < -0.3 is 0 Å². The van der Waals surface area contributed by atoms with Crippen molar-refractivity contribution >= 4 is 34.4 Å². The first-order chi connectivity index (χ1) is 12.4. The molecule has 3 rings (SSSR count). The summed E-state index contributed by atoms with van der Waals surface area (Å²) in [5, 5.41) is 0. The van der Waals surface area contributed by atoms with Crippen LogP contribution in [-0.2, 0) is 9.59 Å². The fourth-order valence-corrected chi connectivity index (χ4v) is 3.14. The smallest absolute Gasteiger partial charge is 0.183 e. The number of rotatable bonds is 2. The van der Waals surface area contributed by atoms with Gasteiger partial charge in [0, 0.05) is 0 Å². The van der Waals surface area contributed by atoms with Crippen LogP contribution in [0.3, 0.4) is 0 Å². The average molecular weight is 346 g/mol. The maximum atomic E-state index is 12.6. The Balaban J connectivity index is 1.93. The van der Waals surface area contributed by atoms with Crippen LogP contribution in [0.4, 0.5) is 11.4 Å². The summed E-state index contributed by atoms with van der Waals surface area (Å²) in [5.41, 5.74) is 6.18. The van der Waals surface area contributed by atoms with E-state index in [1.54, 1.807) is 0 Å². The Morgan fingerprint density at radius 2 is 0.923 bits per heavy atom. The predicted molar refractivity (Wildman–Crippen MR) is 105 cm³/mol. The zero-order valence-corrected chi connectivity index (χ0v) is 15.6. The van der Waals surface area contributed by atoms with E-state index in [1.807, 2.05) is 64.1 Å². The van der Waals surface area contributed by atoms with E-state index in [0.717, 1.165) is 33.6 Å². The predicted octanol–water partition coefficient (Wildman–Crippen LogP) is 4.70. The minimum absolute atomic E-state index is 0.0103. The summed E-state index contributed by atoms with van der Waals surface area (Å²) in [4.78, 5) is 34.2. The second-order valence-corrected chi connectivity index (χ2v) is 6.80. The monoisotopic (exact) mass is 346 g/mol. The number of aryl methyl sites for hydroxylation is 4. The highest BCUT2D eigenvalue weighted by Gasteiger charge is 2.29. The van der Waals surface area contributed by atoms with Crippen LogP contribution < -0.4 is 0 Å². The number of hydrogen-bond acceptors (Lipinski definition) is 4. The molecule has 0 amide bonds. The van der Waals surface area contributed by atoms with E-state index < -0.39 is 0 Å². The molecule has 1 saturated carbocycles. The molecule has 0 bridgehead atoms. The Kier molecular flexibility index (Phi) is 4.94. The van der Waals surface area contributed by atoms with Crippen LogP contribution >= 0.6 is 0 Å². The van der Waals surface area contributed by atoms with Gasteiger partial charge in [-0.2, -0.15) is 0 Å². The third kappa shape index (κ3) is 3.54. The molecule has 1 aliphatic carbocycles. The Morgan fingerprint density at radius 1 is 0.615 bits per heavy atom. The van der Waals surface area contributed by atoms with Gasteiger partial charge in [0.25, 0.3) is 0 Å². The second-order valence-electron chi connectivity index (χ2n) is 6.80. The first-order valence-electron chi connectivity index (χ1n) is 8.70. The summed E-state index contributed by atoms with van der Waals surface area (Å²) in [6.45, 7) is 7.81. The van der Waals surface area contributed by atoms with Gasteiger partial charge in [0.2, 0.25) is 0 Å². The SMILES string of the molecule is Cc1cccc(C)c1N=C1CC(=O)C(=Nc2c(C)cccc2C)CC1=O. The number of Topliss-reactive ketones (excluding diaryl/α,β-unsaturated/α-hetero) is 2. The van der Waals surface area contributed by atoms with Crippen LogP contribution in [0.1, 0.15) is 35.1 Å². The van der Waals surface area contributed by atoms with Crippen molar-refractivity contribution < 1.29 is 9.59 Å². The molecule has 2 aromatic rings. The van der Waals surface area contributed by atoms with Crippen molar-refractivity contribution in [3.63, 3.8) is 0 Å². The molecular weight excluding hydrogens is 324 g/mol. The number of carbonyl (C=O) groups excluding carboxylic acids is 2. The summed E-state index contributed by atoms with van der Waals surface area (Å²) in [6.07, 6.45) is 0.0206. The molecule has 0 unspecified atom stereocenters. The zero-order chi connectivity index (χ0) is 18.8. The van der Waals surface area contributed by atoms with Crippen LogP contribution in [0.25, 0.3) is 0 Å². The molecule has 0 spiro atoms. The van der Waals surface area contributed by atoms with Crippen molar-refractivity contribution in [1.82, 2.24) is 0 Å². The highest BCUT2D eigenvalue weighted by Crippen LogP contribution is 2.27. The quantitative estimate of drug-likeness (QED) is 0.791. The molecule has 0 radical (unpaired) electrons. The number of aliphatic imine (C=N–C) groups is 2. The van der Waals surface area contributed by atoms with Gasteiger partial charge in [-0.05, 0) is 49.9 Å². The van der Waals surface area contributed by atoms with Gasteiger partial charge in [-0.1, -0.05) is 36.4 Å². The number of hydrogen-bond donors (Lipinski definition) is 0. The van der Waals surface area contributed by atoms with Crippen molar-refractivity contribution in [2.24, 2.45) is 9.98 Å². The maximum Gasteiger partial charge on any atom is 0.183 e. The molecule has 0 atom stereocenters. The highest BCUT2D eigenvalue weighted by atomic mass is 16.1. The molecule has 0 heterocycles. The summed E-state index contributed by atoms with van der Waals surface area (Å²) < 4.78 is 0. The van der Waals surface area contributed by atoms with E-state index >= 15 is 0 Å². The standard InChI is InChI=1S/C22H22N2O2/c1-13-7-5-8-14(2)21(13)23-17-11-20(26)18(12-19(17)25)24-22-15(3)9-6-10-16(22)4/h5-10H,11-12H2,1-4H3. The molecule has 132 valence electrons. The first kappa shape index (κ1) is 17.9. The molecule has 4 nitrogen and oxygen atoms in total. The fourth-order valence-electron chi connectivity index (χ4n) is 3.14. The van der Waals surface area contributed by atoms with Crippen LogP contribution in [0.2, 0.25) is 0 Å². The Hall–Kier alpha value is -2.88. The van der Waals surface area contributed by atoms with Gasteiger partial charge in [0.05, 0.1) is 35.6 Å². The van der Waals surface area contributed by atoms with E-state index in [0.29, 0.717) is 11.4 Å². The number of ketones is 2. The zero-order valence-electron chi connectivity index (χ0n) is 15.6. The van der Waals surface area contributed by atoms with Gasteiger partial charge >= 0.3 is 0 Å². The highest BCUT2D eigenvalue weighted by molar-refractivity contribution is 6.61. The lowest BCUT2D eigenvalue weighted by atomic mass is 9.93. The molecule has 0 aliphatic heterocycles. The topological polar surface area (TPSA) is 58.9 Å². The van der Waals surface area contributed by atoms with Crippen molar-refractivity contribution in [2.45, 2.75) is 40.5 Å². The van der Waals surface area contributed by atoms with Gasteiger partial charge in [-0.15, -0.1) is 0 Å². The van der Waals surface area contributed by atoms with Crippen LogP contribution in [0.5, 0.6) is 0 Å². The van der Waals surface area contributed by atoms with E-state index in [-0.39, 0.29) is 24.4 Å². The molecular formula is C22H22N2O2. The van der Waals surface area contributed by atoms with Gasteiger partial charge in [-0.3, -0.25) is 9.59 Å². The third-order valence-corrected chi connectivity index (χ3v) is 4.67. The molecule has 0 aromatic heterocycles. The van der Waals surface area contributed by atoms with E-state index in [1.165, 1.54) is 0 Å². The molecule has 0 N–H and O–H groups in total. The Bertz CT molecular complexity index is 848.